The van der Waals surface area contributed by atoms with Crippen LogP contribution >= 0.6 is 22.6 Å². The van der Waals surface area contributed by atoms with Gasteiger partial charge in [-0.2, -0.15) is 0 Å². The molecule has 1 aromatic rings. The molecule has 0 N–H and O–H groups in total. The average molecular weight is 236 g/mol. The lowest BCUT2D eigenvalue weighted by molar-refractivity contribution is 0.766. The molecule has 5 heteroatoms. The number of halogens is 1. The van der Waals surface area contributed by atoms with Gasteiger partial charge in [-0.05, 0) is 6.92 Å². The summed E-state index contributed by atoms with van der Waals surface area (Å²) in [4.78, 5) is 0. The van der Waals surface area contributed by atoms with Crippen molar-refractivity contribution < 1.29 is 0 Å². The van der Waals surface area contributed by atoms with Gasteiger partial charge in [-0.25, -0.2) is 0 Å². The van der Waals surface area contributed by atoms with Gasteiger partial charge in [-0.1, -0.05) is 22.6 Å². The monoisotopic (exact) mass is 236 g/mol. The van der Waals surface area contributed by atoms with Crippen LogP contribution in [0.4, 0.5) is 0 Å². The molecule has 0 bridgehead atoms. The third-order valence-corrected chi connectivity index (χ3v) is 1.42. The number of alkyl halides is 1. The average Bonchev–Trinajstić information content (AvgIpc) is 1.90. The third kappa shape index (κ3) is 1.81. The maximum atomic E-state index is 3.77. The van der Waals surface area contributed by atoms with Gasteiger partial charge in [-0.3, -0.25) is 0 Å². The van der Waals surface area contributed by atoms with E-state index >= 15 is 0 Å². The van der Waals surface area contributed by atoms with Crippen molar-refractivity contribution in [1.82, 2.24) is 20.4 Å². The highest BCUT2D eigenvalue weighted by molar-refractivity contribution is 14.1. The summed E-state index contributed by atoms with van der Waals surface area (Å²) in [6, 6.07) is 0. The van der Waals surface area contributed by atoms with Gasteiger partial charge >= 0.3 is 0 Å². The Bertz CT molecular complexity index is 184. The molecule has 0 atom stereocenters. The van der Waals surface area contributed by atoms with Gasteiger partial charge in [0.25, 0.3) is 0 Å². The van der Waals surface area contributed by atoms with Crippen LogP contribution in [0.5, 0.6) is 0 Å². The van der Waals surface area contributed by atoms with Crippen molar-refractivity contribution >= 4 is 22.6 Å². The molecule has 4 nitrogen and oxygen atoms in total. The van der Waals surface area contributed by atoms with E-state index in [1.165, 1.54) is 0 Å². The van der Waals surface area contributed by atoms with E-state index in [9.17, 15) is 0 Å². The van der Waals surface area contributed by atoms with Crippen molar-refractivity contribution in [2.45, 2.75) is 11.4 Å². The molecule has 9 heavy (non-hydrogen) atoms. The van der Waals surface area contributed by atoms with E-state index in [1.807, 2.05) is 0 Å². The van der Waals surface area contributed by atoms with E-state index < -0.39 is 0 Å². The summed E-state index contributed by atoms with van der Waals surface area (Å²) >= 11 is 2.16. The number of aromatic nitrogens is 4. The van der Waals surface area contributed by atoms with Crippen molar-refractivity contribution in [3.8, 4) is 0 Å². The number of aryl methyl sites for hydroxylation is 1. The fourth-order valence-corrected chi connectivity index (χ4v) is 0.659. The molecule has 0 saturated carbocycles. The molecule has 0 amide bonds. The zero-order valence-electron chi connectivity index (χ0n) is 4.87. The molecule has 0 spiro atoms. The predicted molar refractivity (Wildman–Crippen MR) is 40.1 cm³/mol. The van der Waals surface area contributed by atoms with E-state index in [0.717, 1.165) is 4.43 Å². The summed E-state index contributed by atoms with van der Waals surface area (Å²) in [5.74, 6) is 1.30. The van der Waals surface area contributed by atoms with Crippen LogP contribution in [-0.4, -0.2) is 20.4 Å². The molecule has 1 rings (SSSR count). The van der Waals surface area contributed by atoms with Crippen molar-refractivity contribution in [2.75, 3.05) is 0 Å². The van der Waals surface area contributed by atoms with Crippen molar-refractivity contribution in [1.29, 1.82) is 0 Å². The summed E-state index contributed by atoms with van der Waals surface area (Å²) in [6.07, 6.45) is 0. The predicted octanol–water partition coefficient (Wildman–Crippen LogP) is 0.510. The van der Waals surface area contributed by atoms with Gasteiger partial charge in [0.05, 0.1) is 4.43 Å². The fraction of sp³-hybridized carbons (Fsp3) is 0.500. The van der Waals surface area contributed by atoms with Gasteiger partial charge in [-0.15, -0.1) is 20.4 Å². The molecular weight excluding hydrogens is 231 g/mol. The van der Waals surface area contributed by atoms with Crippen LogP contribution in [0.3, 0.4) is 0 Å². The second-order valence-corrected chi connectivity index (χ2v) is 2.26. The van der Waals surface area contributed by atoms with Crippen LogP contribution in [0.25, 0.3) is 0 Å². The number of nitrogens with zero attached hydrogens (tertiary/aromatic N) is 4. The lowest BCUT2D eigenvalue weighted by Gasteiger charge is -1.88. The molecule has 48 valence electrons. The summed E-state index contributed by atoms with van der Waals surface area (Å²) in [5, 5.41) is 15.0. The Balaban J connectivity index is 2.88. The van der Waals surface area contributed by atoms with Crippen molar-refractivity contribution in [3.05, 3.63) is 11.6 Å². The molecule has 0 saturated heterocycles. The van der Waals surface area contributed by atoms with Crippen LogP contribution in [-0.2, 0) is 4.43 Å². The lowest BCUT2D eigenvalue weighted by Crippen LogP contribution is -1.99. The molecule has 0 radical (unpaired) electrons. The Morgan fingerprint density at radius 2 is 1.78 bits per heavy atom. The van der Waals surface area contributed by atoms with Crippen LogP contribution in [0.1, 0.15) is 11.6 Å². The Hall–Kier alpha value is -0.330. The van der Waals surface area contributed by atoms with Gasteiger partial charge in [0.2, 0.25) is 0 Å². The SMILES string of the molecule is Cc1nnc(CI)nn1. The summed E-state index contributed by atoms with van der Waals surface area (Å²) in [6.45, 7) is 1.76. The second kappa shape index (κ2) is 3.00. The minimum atomic E-state index is 0.614. The molecular formula is C4H5IN4. The molecule has 0 aliphatic carbocycles. The van der Waals surface area contributed by atoms with Gasteiger partial charge in [0.1, 0.15) is 0 Å². The van der Waals surface area contributed by atoms with Crippen LogP contribution in [0, 0.1) is 6.92 Å². The van der Waals surface area contributed by atoms with Crippen molar-refractivity contribution in [3.63, 3.8) is 0 Å². The third-order valence-electron chi connectivity index (χ3n) is 0.740. The minimum absolute atomic E-state index is 0.614. The first kappa shape index (κ1) is 6.79. The number of hydrogen-bond acceptors (Lipinski definition) is 4. The molecule has 0 aromatic carbocycles. The largest absolute Gasteiger partial charge is 0.183 e. The highest BCUT2D eigenvalue weighted by Gasteiger charge is 1.92. The standard InChI is InChI=1S/C4H5IN4/c1-3-6-8-4(2-5)9-7-3/h2H2,1H3. The van der Waals surface area contributed by atoms with E-state index in [1.54, 1.807) is 6.92 Å². The van der Waals surface area contributed by atoms with E-state index in [0.29, 0.717) is 11.6 Å². The molecule has 0 unspecified atom stereocenters. The van der Waals surface area contributed by atoms with Crippen LogP contribution < -0.4 is 0 Å². The quantitative estimate of drug-likeness (QED) is 0.526. The van der Waals surface area contributed by atoms with Gasteiger partial charge in [0, 0.05) is 0 Å². The lowest BCUT2D eigenvalue weighted by atomic mass is 10.7. The Kier molecular flexibility index (Phi) is 2.26. The van der Waals surface area contributed by atoms with Gasteiger partial charge < -0.3 is 0 Å². The summed E-state index contributed by atoms with van der Waals surface area (Å²) < 4.78 is 0.762. The first-order valence-electron chi connectivity index (χ1n) is 2.42. The number of rotatable bonds is 1. The molecule has 1 aromatic heterocycles. The maximum Gasteiger partial charge on any atom is 0.183 e. The zero-order chi connectivity index (χ0) is 6.69. The summed E-state index contributed by atoms with van der Waals surface area (Å²) in [5.41, 5.74) is 0. The minimum Gasteiger partial charge on any atom is -0.132 e. The second-order valence-electron chi connectivity index (χ2n) is 1.50. The van der Waals surface area contributed by atoms with Crippen LogP contribution in [0.15, 0.2) is 0 Å². The Morgan fingerprint density at radius 1 is 1.22 bits per heavy atom. The zero-order valence-corrected chi connectivity index (χ0v) is 7.03. The smallest absolute Gasteiger partial charge is 0.132 e. The van der Waals surface area contributed by atoms with Crippen LogP contribution in [0.2, 0.25) is 0 Å². The fourth-order valence-electron chi connectivity index (χ4n) is 0.354. The van der Waals surface area contributed by atoms with E-state index in [-0.39, 0.29) is 0 Å². The van der Waals surface area contributed by atoms with E-state index in [2.05, 4.69) is 43.0 Å². The normalized spacial score (nSPS) is 9.56. The number of hydrogen-bond donors (Lipinski definition) is 0. The highest BCUT2D eigenvalue weighted by Crippen LogP contribution is 1.93. The Labute approximate surface area is 66.2 Å². The summed E-state index contributed by atoms with van der Waals surface area (Å²) in [7, 11) is 0. The van der Waals surface area contributed by atoms with Crippen molar-refractivity contribution in [2.24, 2.45) is 0 Å². The van der Waals surface area contributed by atoms with Gasteiger partial charge in [0.15, 0.2) is 11.6 Å². The Morgan fingerprint density at radius 3 is 2.22 bits per heavy atom. The molecule has 0 fully saturated rings. The van der Waals surface area contributed by atoms with E-state index in [4.69, 9.17) is 0 Å². The maximum absolute atomic E-state index is 3.77. The molecule has 1 heterocycles. The first-order valence-corrected chi connectivity index (χ1v) is 3.94. The molecule has 0 aliphatic heterocycles. The molecule has 0 aliphatic rings. The first-order chi connectivity index (χ1) is 4.33. The topological polar surface area (TPSA) is 51.6 Å². The highest BCUT2D eigenvalue weighted by atomic mass is 127.